The molecule has 0 aromatic carbocycles. The van der Waals surface area contributed by atoms with Gasteiger partial charge in [-0.1, -0.05) is 28.8 Å². The Morgan fingerprint density at radius 1 is 1.31 bits per heavy atom. The van der Waals surface area contributed by atoms with Crippen LogP contribution in [-0.2, 0) is 4.79 Å². The maximum absolute atomic E-state index is 12.0. The molecule has 0 radical (unpaired) electrons. The van der Waals surface area contributed by atoms with Crippen molar-refractivity contribution < 1.29 is 9.90 Å². The SMILES string of the molecule is O=C(CCCCBr)N1CCCCCC1CO. The van der Waals surface area contributed by atoms with Crippen LogP contribution in [0.15, 0.2) is 0 Å². The monoisotopic (exact) mass is 291 g/mol. The predicted molar refractivity (Wildman–Crippen MR) is 68.7 cm³/mol. The number of alkyl halides is 1. The number of carbonyl (C=O) groups is 1. The van der Waals surface area contributed by atoms with E-state index in [2.05, 4.69) is 15.9 Å². The summed E-state index contributed by atoms with van der Waals surface area (Å²) in [6, 6.07) is 0.0685. The highest BCUT2D eigenvalue weighted by Gasteiger charge is 2.23. The van der Waals surface area contributed by atoms with Crippen LogP contribution in [0.5, 0.6) is 0 Å². The minimum Gasteiger partial charge on any atom is -0.394 e. The standard InChI is InChI=1S/C12H22BrNO2/c13-8-4-3-7-12(16)14-9-5-1-2-6-11(14)10-15/h11,15H,1-10H2. The Balaban J connectivity index is 2.42. The summed E-state index contributed by atoms with van der Waals surface area (Å²) < 4.78 is 0. The molecule has 1 rings (SSSR count). The first kappa shape index (κ1) is 14.0. The topological polar surface area (TPSA) is 40.5 Å². The Hall–Kier alpha value is -0.0900. The molecule has 1 N–H and O–H groups in total. The number of likely N-dealkylation sites (tertiary alicyclic amines) is 1. The largest absolute Gasteiger partial charge is 0.394 e. The van der Waals surface area contributed by atoms with Crippen molar-refractivity contribution in [1.29, 1.82) is 0 Å². The fourth-order valence-corrected chi connectivity index (χ4v) is 2.61. The maximum atomic E-state index is 12.0. The first-order valence-corrected chi connectivity index (χ1v) is 7.38. The van der Waals surface area contributed by atoms with Crippen LogP contribution in [-0.4, -0.2) is 40.4 Å². The van der Waals surface area contributed by atoms with Crippen LogP contribution < -0.4 is 0 Å². The number of nitrogens with zero attached hydrogens (tertiary/aromatic N) is 1. The fourth-order valence-electron chi connectivity index (χ4n) is 2.21. The molecule has 0 spiro atoms. The third kappa shape index (κ3) is 4.42. The fraction of sp³-hybridized carbons (Fsp3) is 0.917. The van der Waals surface area contributed by atoms with Crippen molar-refractivity contribution in [2.24, 2.45) is 0 Å². The Bertz CT molecular complexity index is 211. The minimum absolute atomic E-state index is 0.0685. The summed E-state index contributed by atoms with van der Waals surface area (Å²) in [4.78, 5) is 13.9. The molecule has 0 aliphatic carbocycles. The minimum atomic E-state index is 0.0685. The summed E-state index contributed by atoms with van der Waals surface area (Å²) >= 11 is 3.37. The summed E-state index contributed by atoms with van der Waals surface area (Å²) in [6.07, 6.45) is 6.98. The summed E-state index contributed by atoms with van der Waals surface area (Å²) in [7, 11) is 0. The first-order valence-electron chi connectivity index (χ1n) is 6.26. The Kier molecular flexibility index (Phi) is 7.05. The van der Waals surface area contributed by atoms with E-state index in [1.54, 1.807) is 0 Å². The average Bonchev–Trinajstić information content (AvgIpc) is 2.54. The molecular formula is C12H22BrNO2. The van der Waals surface area contributed by atoms with Gasteiger partial charge in [-0.15, -0.1) is 0 Å². The summed E-state index contributed by atoms with van der Waals surface area (Å²) in [5.41, 5.74) is 0. The van der Waals surface area contributed by atoms with Crippen molar-refractivity contribution in [2.75, 3.05) is 18.5 Å². The van der Waals surface area contributed by atoms with Gasteiger partial charge in [-0.05, 0) is 25.7 Å². The van der Waals surface area contributed by atoms with E-state index in [0.717, 1.165) is 44.0 Å². The second kappa shape index (κ2) is 8.07. The number of hydrogen-bond donors (Lipinski definition) is 1. The van der Waals surface area contributed by atoms with Gasteiger partial charge in [0.1, 0.15) is 0 Å². The molecule has 1 unspecified atom stereocenters. The lowest BCUT2D eigenvalue weighted by Gasteiger charge is -2.28. The van der Waals surface area contributed by atoms with Crippen molar-refractivity contribution in [1.82, 2.24) is 4.90 Å². The second-order valence-corrected chi connectivity index (χ2v) is 5.21. The third-order valence-corrected chi connectivity index (χ3v) is 3.74. The van der Waals surface area contributed by atoms with Crippen LogP contribution in [0.25, 0.3) is 0 Å². The van der Waals surface area contributed by atoms with E-state index in [-0.39, 0.29) is 18.6 Å². The highest BCUT2D eigenvalue weighted by Crippen LogP contribution is 2.18. The van der Waals surface area contributed by atoms with Crippen LogP contribution in [0.3, 0.4) is 0 Å². The van der Waals surface area contributed by atoms with Gasteiger partial charge >= 0.3 is 0 Å². The van der Waals surface area contributed by atoms with E-state index in [0.29, 0.717) is 6.42 Å². The molecule has 0 aromatic rings. The summed E-state index contributed by atoms with van der Waals surface area (Å²) in [6.45, 7) is 0.947. The molecule has 1 heterocycles. The van der Waals surface area contributed by atoms with E-state index in [9.17, 15) is 9.90 Å². The molecule has 1 atom stereocenters. The second-order valence-electron chi connectivity index (χ2n) is 4.42. The quantitative estimate of drug-likeness (QED) is 0.624. The molecule has 1 saturated heterocycles. The van der Waals surface area contributed by atoms with Crippen LogP contribution >= 0.6 is 15.9 Å². The van der Waals surface area contributed by atoms with Crippen LogP contribution in [0.4, 0.5) is 0 Å². The number of aliphatic hydroxyl groups excluding tert-OH is 1. The zero-order valence-corrected chi connectivity index (χ0v) is 11.4. The van der Waals surface area contributed by atoms with Gasteiger partial charge in [-0.25, -0.2) is 0 Å². The van der Waals surface area contributed by atoms with Gasteiger partial charge in [0.05, 0.1) is 12.6 Å². The number of carbonyl (C=O) groups excluding carboxylic acids is 1. The smallest absolute Gasteiger partial charge is 0.222 e. The molecule has 1 aliphatic heterocycles. The molecule has 4 heteroatoms. The number of hydrogen-bond acceptors (Lipinski definition) is 2. The number of unbranched alkanes of at least 4 members (excludes halogenated alkanes) is 1. The molecule has 16 heavy (non-hydrogen) atoms. The van der Waals surface area contributed by atoms with Crippen LogP contribution in [0.1, 0.15) is 44.9 Å². The lowest BCUT2D eigenvalue weighted by Crippen LogP contribution is -2.42. The number of halogens is 1. The van der Waals surface area contributed by atoms with Gasteiger partial charge < -0.3 is 10.0 Å². The summed E-state index contributed by atoms with van der Waals surface area (Å²) in [5.74, 6) is 0.224. The third-order valence-electron chi connectivity index (χ3n) is 3.18. The zero-order chi connectivity index (χ0) is 11.8. The Morgan fingerprint density at radius 2 is 2.12 bits per heavy atom. The first-order chi connectivity index (χ1) is 7.79. The van der Waals surface area contributed by atoms with Crippen molar-refractivity contribution >= 4 is 21.8 Å². The maximum Gasteiger partial charge on any atom is 0.222 e. The molecule has 3 nitrogen and oxygen atoms in total. The lowest BCUT2D eigenvalue weighted by atomic mass is 10.1. The Labute approximate surface area is 106 Å². The molecule has 1 amide bonds. The number of amides is 1. The highest BCUT2D eigenvalue weighted by molar-refractivity contribution is 9.09. The van der Waals surface area contributed by atoms with E-state index >= 15 is 0 Å². The highest BCUT2D eigenvalue weighted by atomic mass is 79.9. The van der Waals surface area contributed by atoms with E-state index < -0.39 is 0 Å². The van der Waals surface area contributed by atoms with Crippen molar-refractivity contribution in [3.8, 4) is 0 Å². The van der Waals surface area contributed by atoms with Crippen molar-refractivity contribution in [3.05, 3.63) is 0 Å². The normalized spacial score (nSPS) is 21.9. The van der Waals surface area contributed by atoms with Crippen molar-refractivity contribution in [2.45, 2.75) is 51.0 Å². The molecule has 0 aromatic heterocycles. The van der Waals surface area contributed by atoms with E-state index in [1.807, 2.05) is 4.90 Å². The average molecular weight is 292 g/mol. The zero-order valence-electron chi connectivity index (χ0n) is 9.83. The van der Waals surface area contributed by atoms with Crippen LogP contribution in [0, 0.1) is 0 Å². The van der Waals surface area contributed by atoms with Gasteiger partial charge in [0.25, 0.3) is 0 Å². The van der Waals surface area contributed by atoms with Gasteiger partial charge in [0.15, 0.2) is 0 Å². The molecule has 1 aliphatic rings. The van der Waals surface area contributed by atoms with Crippen LogP contribution in [0.2, 0.25) is 0 Å². The number of aliphatic hydroxyl groups is 1. The molecular weight excluding hydrogens is 270 g/mol. The molecule has 0 saturated carbocycles. The Morgan fingerprint density at radius 3 is 2.81 bits per heavy atom. The van der Waals surface area contributed by atoms with E-state index in [4.69, 9.17) is 0 Å². The van der Waals surface area contributed by atoms with Gasteiger partial charge in [0, 0.05) is 18.3 Å². The predicted octanol–water partition coefficient (Wildman–Crippen LogP) is 2.32. The lowest BCUT2D eigenvalue weighted by molar-refractivity contribution is -0.134. The van der Waals surface area contributed by atoms with Crippen molar-refractivity contribution in [3.63, 3.8) is 0 Å². The van der Waals surface area contributed by atoms with Gasteiger partial charge in [-0.2, -0.15) is 0 Å². The van der Waals surface area contributed by atoms with Gasteiger partial charge in [-0.3, -0.25) is 4.79 Å². The van der Waals surface area contributed by atoms with E-state index in [1.165, 1.54) is 6.42 Å². The molecule has 1 fully saturated rings. The summed E-state index contributed by atoms with van der Waals surface area (Å²) in [5, 5.41) is 10.3. The molecule has 94 valence electrons. The molecule has 0 bridgehead atoms. The van der Waals surface area contributed by atoms with Gasteiger partial charge in [0.2, 0.25) is 5.91 Å². The number of rotatable bonds is 5.